The number of nitrogens with zero attached hydrogens (tertiary/aromatic N) is 1. The van der Waals surface area contributed by atoms with Crippen LogP contribution in [0, 0.1) is 0 Å². The van der Waals surface area contributed by atoms with Crippen LogP contribution >= 0.6 is 0 Å². The molecule has 2 N–H and O–H groups in total. The van der Waals surface area contributed by atoms with Gasteiger partial charge >= 0.3 is 0 Å². The van der Waals surface area contributed by atoms with E-state index < -0.39 is 0 Å². The van der Waals surface area contributed by atoms with Crippen LogP contribution in [0.25, 0.3) is 0 Å². The second-order valence-corrected chi connectivity index (χ2v) is 5.27. The van der Waals surface area contributed by atoms with Gasteiger partial charge in [-0.25, -0.2) is 0 Å². The molecular weight excluding hydrogens is 268 g/mol. The molecule has 0 atom stereocenters. The molecule has 0 unspecified atom stereocenters. The summed E-state index contributed by atoms with van der Waals surface area (Å²) < 4.78 is 10.7. The number of benzene rings is 1. The van der Waals surface area contributed by atoms with Gasteiger partial charge in [-0.1, -0.05) is 6.07 Å². The maximum absolute atomic E-state index is 12.9. The first-order chi connectivity index (χ1) is 10.2. The van der Waals surface area contributed by atoms with Crippen molar-refractivity contribution in [3.05, 3.63) is 23.8 Å². The highest BCUT2D eigenvalue weighted by Crippen LogP contribution is 2.33. The summed E-state index contributed by atoms with van der Waals surface area (Å²) in [5, 5.41) is 0. The largest absolute Gasteiger partial charge is 0.493 e. The van der Waals surface area contributed by atoms with Crippen molar-refractivity contribution >= 4 is 5.91 Å². The lowest BCUT2D eigenvalue weighted by molar-refractivity contribution is 0.0574. The van der Waals surface area contributed by atoms with E-state index in [2.05, 4.69) is 0 Å². The van der Waals surface area contributed by atoms with E-state index in [9.17, 15) is 4.79 Å². The number of methoxy groups -OCH3 is 2. The molecular formula is C16H24N2O3. The number of hydrogen-bond acceptors (Lipinski definition) is 4. The van der Waals surface area contributed by atoms with Crippen molar-refractivity contribution in [2.75, 3.05) is 27.3 Å². The van der Waals surface area contributed by atoms with Crippen molar-refractivity contribution in [2.24, 2.45) is 5.73 Å². The molecule has 0 radical (unpaired) electrons. The van der Waals surface area contributed by atoms with Gasteiger partial charge in [-0.2, -0.15) is 0 Å². The average Bonchev–Trinajstić information content (AvgIpc) is 2.47. The molecule has 5 heteroatoms. The lowest BCUT2D eigenvalue weighted by Gasteiger charge is -2.38. The second kappa shape index (κ2) is 7.31. The van der Waals surface area contributed by atoms with E-state index in [0.29, 0.717) is 36.2 Å². The second-order valence-electron chi connectivity index (χ2n) is 5.27. The molecule has 0 aliphatic heterocycles. The Labute approximate surface area is 126 Å². The van der Waals surface area contributed by atoms with Crippen LogP contribution in [0.2, 0.25) is 0 Å². The van der Waals surface area contributed by atoms with E-state index in [0.717, 1.165) is 19.3 Å². The normalized spacial score (nSPS) is 14.4. The van der Waals surface area contributed by atoms with E-state index in [4.69, 9.17) is 15.2 Å². The molecule has 1 saturated carbocycles. The number of rotatable bonds is 7. The van der Waals surface area contributed by atoms with Crippen molar-refractivity contribution in [3.63, 3.8) is 0 Å². The first kappa shape index (κ1) is 15.6. The van der Waals surface area contributed by atoms with Crippen LogP contribution in [0.3, 0.4) is 0 Å². The first-order valence-electron chi connectivity index (χ1n) is 7.45. The van der Waals surface area contributed by atoms with Gasteiger partial charge in [0.15, 0.2) is 11.5 Å². The molecule has 21 heavy (non-hydrogen) atoms. The lowest BCUT2D eigenvalue weighted by Crippen LogP contribution is -2.45. The summed E-state index contributed by atoms with van der Waals surface area (Å²) in [5.74, 6) is 1.08. The quantitative estimate of drug-likeness (QED) is 0.835. The summed E-state index contributed by atoms with van der Waals surface area (Å²) in [5.41, 5.74) is 6.15. The lowest BCUT2D eigenvalue weighted by atomic mass is 9.90. The van der Waals surface area contributed by atoms with Crippen molar-refractivity contribution in [1.82, 2.24) is 4.90 Å². The standard InChI is InChI=1S/C16H24N2O3/c1-20-14-9-4-8-13(15(14)21-2)16(19)18(11-5-10-17)12-6-3-7-12/h4,8-9,12H,3,5-7,10-11,17H2,1-2H3. The summed E-state index contributed by atoms with van der Waals surface area (Å²) in [7, 11) is 3.13. The highest BCUT2D eigenvalue weighted by atomic mass is 16.5. The maximum atomic E-state index is 12.9. The first-order valence-corrected chi connectivity index (χ1v) is 7.45. The number of para-hydroxylation sites is 1. The summed E-state index contributed by atoms with van der Waals surface area (Å²) in [4.78, 5) is 14.8. The molecule has 116 valence electrons. The molecule has 0 bridgehead atoms. The van der Waals surface area contributed by atoms with E-state index in [1.54, 1.807) is 26.4 Å². The van der Waals surface area contributed by atoms with Gasteiger partial charge in [0.05, 0.1) is 19.8 Å². The molecule has 2 rings (SSSR count). The van der Waals surface area contributed by atoms with Gasteiger partial charge in [-0.05, 0) is 44.4 Å². The predicted octanol–water partition coefficient (Wildman–Crippen LogP) is 2.05. The molecule has 1 fully saturated rings. The van der Waals surface area contributed by atoms with Gasteiger partial charge in [0.2, 0.25) is 0 Å². The van der Waals surface area contributed by atoms with Crippen LogP contribution in [0.1, 0.15) is 36.0 Å². The Hall–Kier alpha value is -1.75. The fraction of sp³-hybridized carbons (Fsp3) is 0.562. The number of carbonyl (C=O) groups is 1. The van der Waals surface area contributed by atoms with Gasteiger partial charge in [-0.3, -0.25) is 4.79 Å². The molecule has 0 saturated heterocycles. The highest BCUT2D eigenvalue weighted by molar-refractivity contribution is 5.98. The minimum absolute atomic E-state index is 0.00361. The Morgan fingerprint density at radius 2 is 2.10 bits per heavy atom. The predicted molar refractivity (Wildman–Crippen MR) is 81.9 cm³/mol. The Kier molecular flexibility index (Phi) is 5.44. The maximum Gasteiger partial charge on any atom is 0.258 e. The minimum Gasteiger partial charge on any atom is -0.493 e. The molecule has 0 heterocycles. The van der Waals surface area contributed by atoms with Gasteiger partial charge in [0, 0.05) is 12.6 Å². The van der Waals surface area contributed by atoms with Crippen LogP contribution < -0.4 is 15.2 Å². The van der Waals surface area contributed by atoms with Crippen LogP contribution in [-0.4, -0.2) is 44.2 Å². The van der Waals surface area contributed by atoms with E-state index in [1.165, 1.54) is 6.42 Å². The van der Waals surface area contributed by atoms with Crippen LogP contribution in [0.5, 0.6) is 11.5 Å². The van der Waals surface area contributed by atoms with Crippen molar-refractivity contribution < 1.29 is 14.3 Å². The number of ether oxygens (including phenoxy) is 2. The summed E-state index contributed by atoms with van der Waals surface area (Å²) in [6.07, 6.45) is 4.14. The molecule has 1 aromatic carbocycles. The molecule has 0 spiro atoms. The molecule has 1 aliphatic carbocycles. The fourth-order valence-electron chi connectivity index (χ4n) is 2.62. The third-order valence-corrected chi connectivity index (χ3v) is 4.01. The molecule has 0 aromatic heterocycles. The molecule has 1 amide bonds. The zero-order valence-electron chi connectivity index (χ0n) is 12.8. The number of amides is 1. The Balaban J connectivity index is 2.27. The molecule has 1 aliphatic rings. The average molecular weight is 292 g/mol. The SMILES string of the molecule is COc1cccc(C(=O)N(CCCN)C2CCC2)c1OC. The highest BCUT2D eigenvalue weighted by Gasteiger charge is 2.30. The number of nitrogens with two attached hydrogens (primary N) is 1. The third-order valence-electron chi connectivity index (χ3n) is 4.01. The minimum atomic E-state index is 0.00361. The Morgan fingerprint density at radius 1 is 1.33 bits per heavy atom. The Morgan fingerprint density at radius 3 is 2.62 bits per heavy atom. The Bertz CT molecular complexity index is 486. The summed E-state index contributed by atoms with van der Waals surface area (Å²) in [6.45, 7) is 1.28. The monoisotopic (exact) mass is 292 g/mol. The molecule has 5 nitrogen and oxygen atoms in total. The van der Waals surface area contributed by atoms with Crippen LogP contribution in [0.15, 0.2) is 18.2 Å². The zero-order valence-corrected chi connectivity index (χ0v) is 12.8. The van der Waals surface area contributed by atoms with E-state index >= 15 is 0 Å². The van der Waals surface area contributed by atoms with Gasteiger partial charge in [0.1, 0.15) is 0 Å². The van der Waals surface area contributed by atoms with Crippen molar-refractivity contribution in [1.29, 1.82) is 0 Å². The third kappa shape index (κ3) is 3.29. The summed E-state index contributed by atoms with van der Waals surface area (Å²) in [6, 6.07) is 5.73. The number of hydrogen-bond donors (Lipinski definition) is 1. The van der Waals surface area contributed by atoms with Gasteiger partial charge < -0.3 is 20.1 Å². The molecule has 1 aromatic rings. The smallest absolute Gasteiger partial charge is 0.258 e. The van der Waals surface area contributed by atoms with Gasteiger partial charge in [0.25, 0.3) is 5.91 Å². The number of carbonyl (C=O) groups excluding carboxylic acids is 1. The fourth-order valence-corrected chi connectivity index (χ4v) is 2.62. The van der Waals surface area contributed by atoms with Crippen molar-refractivity contribution in [3.8, 4) is 11.5 Å². The summed E-state index contributed by atoms with van der Waals surface area (Å²) >= 11 is 0. The zero-order chi connectivity index (χ0) is 15.2. The van der Waals surface area contributed by atoms with E-state index in [-0.39, 0.29) is 5.91 Å². The van der Waals surface area contributed by atoms with Crippen LogP contribution in [0.4, 0.5) is 0 Å². The van der Waals surface area contributed by atoms with E-state index in [1.807, 2.05) is 11.0 Å². The van der Waals surface area contributed by atoms with Crippen molar-refractivity contribution in [2.45, 2.75) is 31.7 Å². The topological polar surface area (TPSA) is 64.8 Å². The van der Waals surface area contributed by atoms with Crippen LogP contribution in [-0.2, 0) is 0 Å². The van der Waals surface area contributed by atoms with Gasteiger partial charge in [-0.15, -0.1) is 0 Å².